The molecule has 2 amide bonds. The lowest BCUT2D eigenvalue weighted by atomic mass is 10.2. The highest BCUT2D eigenvalue weighted by atomic mass is 35.5. The van der Waals surface area contributed by atoms with Crippen LogP contribution in [0.15, 0.2) is 71.6 Å². The van der Waals surface area contributed by atoms with Crippen molar-refractivity contribution in [3.63, 3.8) is 0 Å². The topological polar surface area (TPSA) is 95.6 Å². The number of amides is 2. The number of rotatable bonds is 8. The average Bonchev–Trinajstić information content (AvgIpc) is 2.75. The maximum Gasteiger partial charge on any atom is 0.243 e. The van der Waals surface area contributed by atoms with Crippen molar-refractivity contribution in [2.75, 3.05) is 17.2 Å². The Balaban J connectivity index is 1.90. The summed E-state index contributed by atoms with van der Waals surface area (Å²) in [5.74, 6) is -0.825. The smallest absolute Gasteiger partial charge is 0.243 e. The number of halogens is 2. The molecule has 0 aliphatic carbocycles. The van der Waals surface area contributed by atoms with E-state index in [4.69, 9.17) is 23.2 Å². The monoisotopic (exact) mass is 519 g/mol. The van der Waals surface area contributed by atoms with E-state index in [2.05, 4.69) is 10.6 Å². The zero-order valence-electron chi connectivity index (χ0n) is 18.5. The zero-order valence-corrected chi connectivity index (χ0v) is 20.8. The number of nitrogens with one attached hydrogen (secondary N) is 2. The van der Waals surface area contributed by atoms with E-state index in [1.165, 1.54) is 19.1 Å². The summed E-state index contributed by atoms with van der Waals surface area (Å²) in [6.45, 7) is 2.54. The highest BCUT2D eigenvalue weighted by Gasteiger charge is 2.28. The van der Waals surface area contributed by atoms with Crippen LogP contribution < -0.4 is 10.6 Å². The maximum absolute atomic E-state index is 13.4. The molecule has 0 heterocycles. The van der Waals surface area contributed by atoms with Crippen LogP contribution in [0.1, 0.15) is 18.1 Å². The Morgan fingerprint density at radius 2 is 1.44 bits per heavy atom. The molecule has 0 bridgehead atoms. The van der Waals surface area contributed by atoms with E-state index in [1.807, 2.05) is 6.92 Å². The van der Waals surface area contributed by atoms with Gasteiger partial charge < -0.3 is 10.6 Å². The quantitative estimate of drug-likeness (QED) is 0.433. The summed E-state index contributed by atoms with van der Waals surface area (Å²) in [5, 5.41) is 5.88. The van der Waals surface area contributed by atoms with E-state index in [9.17, 15) is 18.0 Å². The van der Waals surface area contributed by atoms with Gasteiger partial charge in [-0.1, -0.05) is 53.0 Å². The molecule has 2 N–H and O–H groups in total. The molecule has 0 spiro atoms. The van der Waals surface area contributed by atoms with Gasteiger partial charge in [0.1, 0.15) is 0 Å². The molecule has 3 rings (SSSR count). The molecule has 3 aromatic rings. The molecule has 7 nitrogen and oxygen atoms in total. The maximum atomic E-state index is 13.4. The van der Waals surface area contributed by atoms with Gasteiger partial charge >= 0.3 is 0 Å². The SMILES string of the molecule is CC(=O)Nc1cccc(NC(=O)CN(Cc2c(Cl)cccc2Cl)S(=O)(=O)c2ccc(C)cc2)c1. The van der Waals surface area contributed by atoms with E-state index in [-0.39, 0.29) is 17.3 Å². The van der Waals surface area contributed by atoms with Gasteiger partial charge in [0.05, 0.1) is 11.4 Å². The fourth-order valence-electron chi connectivity index (χ4n) is 3.18. The van der Waals surface area contributed by atoms with Gasteiger partial charge in [-0.15, -0.1) is 0 Å². The lowest BCUT2D eigenvalue weighted by Crippen LogP contribution is -2.37. The zero-order chi connectivity index (χ0) is 24.9. The number of carbonyl (C=O) groups excluding carboxylic acids is 2. The van der Waals surface area contributed by atoms with Gasteiger partial charge in [-0.25, -0.2) is 8.42 Å². The van der Waals surface area contributed by atoms with Crippen molar-refractivity contribution in [2.45, 2.75) is 25.3 Å². The third kappa shape index (κ3) is 6.57. The third-order valence-corrected chi connectivity index (χ3v) is 7.36. The number of carbonyl (C=O) groups is 2. The van der Waals surface area contributed by atoms with E-state index in [0.717, 1.165) is 9.87 Å². The van der Waals surface area contributed by atoms with Crippen molar-refractivity contribution in [3.8, 4) is 0 Å². The van der Waals surface area contributed by atoms with Crippen LogP contribution in [0.3, 0.4) is 0 Å². The number of aryl methyl sites for hydroxylation is 1. The van der Waals surface area contributed by atoms with Crippen molar-refractivity contribution in [3.05, 3.63) is 87.9 Å². The van der Waals surface area contributed by atoms with Crippen LogP contribution in [0, 0.1) is 6.92 Å². The van der Waals surface area contributed by atoms with E-state index < -0.39 is 22.5 Å². The van der Waals surface area contributed by atoms with Crippen LogP contribution >= 0.6 is 23.2 Å². The number of sulfonamides is 1. The average molecular weight is 520 g/mol. The van der Waals surface area contributed by atoms with Gasteiger partial charge in [0.25, 0.3) is 0 Å². The van der Waals surface area contributed by atoms with Crippen molar-refractivity contribution in [2.24, 2.45) is 0 Å². The number of hydrogen-bond acceptors (Lipinski definition) is 4. The van der Waals surface area contributed by atoms with Crippen LogP contribution in [0.4, 0.5) is 11.4 Å². The van der Waals surface area contributed by atoms with Gasteiger partial charge in [-0.2, -0.15) is 4.31 Å². The lowest BCUT2D eigenvalue weighted by molar-refractivity contribution is -0.116. The molecule has 0 aliphatic rings. The van der Waals surface area contributed by atoms with Crippen molar-refractivity contribution >= 4 is 56.4 Å². The van der Waals surface area contributed by atoms with Crippen molar-refractivity contribution in [1.82, 2.24) is 4.31 Å². The minimum absolute atomic E-state index is 0.0433. The Bertz CT molecular complexity index is 1290. The van der Waals surface area contributed by atoms with Crippen LogP contribution in [0.2, 0.25) is 10.0 Å². The Morgan fingerprint density at radius 3 is 2.03 bits per heavy atom. The summed E-state index contributed by atoms with van der Waals surface area (Å²) in [6, 6.07) is 17.7. The molecule has 3 aromatic carbocycles. The molecule has 0 aliphatic heterocycles. The highest BCUT2D eigenvalue weighted by molar-refractivity contribution is 7.89. The van der Waals surface area contributed by atoms with Crippen LogP contribution in [-0.4, -0.2) is 31.1 Å². The van der Waals surface area contributed by atoms with Crippen LogP contribution in [-0.2, 0) is 26.2 Å². The van der Waals surface area contributed by atoms with Crippen molar-refractivity contribution in [1.29, 1.82) is 0 Å². The van der Waals surface area contributed by atoms with Gasteiger partial charge in [0.15, 0.2) is 0 Å². The second-order valence-corrected chi connectivity index (χ2v) is 10.3. The largest absolute Gasteiger partial charge is 0.326 e. The first-order valence-corrected chi connectivity index (χ1v) is 12.4. The lowest BCUT2D eigenvalue weighted by Gasteiger charge is -2.23. The molecular formula is C24H23Cl2N3O4S. The van der Waals surface area contributed by atoms with Gasteiger partial charge in [0.2, 0.25) is 21.8 Å². The molecule has 0 aromatic heterocycles. The first-order valence-electron chi connectivity index (χ1n) is 10.2. The summed E-state index contributed by atoms with van der Waals surface area (Å²) in [6.07, 6.45) is 0. The molecule has 0 fully saturated rings. The predicted molar refractivity (Wildman–Crippen MR) is 135 cm³/mol. The number of hydrogen-bond donors (Lipinski definition) is 2. The Kier molecular flexibility index (Phi) is 8.33. The highest BCUT2D eigenvalue weighted by Crippen LogP contribution is 2.28. The molecule has 0 unspecified atom stereocenters. The third-order valence-electron chi connectivity index (χ3n) is 4.84. The molecule has 0 saturated heterocycles. The summed E-state index contributed by atoms with van der Waals surface area (Å²) in [4.78, 5) is 24.2. The first kappa shape index (κ1) is 25.7. The fraction of sp³-hybridized carbons (Fsp3) is 0.167. The Hall–Kier alpha value is -2.91. The van der Waals surface area contributed by atoms with E-state index >= 15 is 0 Å². The van der Waals surface area contributed by atoms with Gasteiger partial charge in [0, 0.05) is 40.5 Å². The Morgan fingerprint density at radius 1 is 0.882 bits per heavy atom. The molecule has 10 heteroatoms. The predicted octanol–water partition coefficient (Wildman–Crippen LogP) is 5.09. The molecule has 0 saturated carbocycles. The molecule has 178 valence electrons. The molecule has 0 radical (unpaired) electrons. The summed E-state index contributed by atoms with van der Waals surface area (Å²) in [7, 11) is -4.06. The second kappa shape index (κ2) is 11.0. The normalized spacial score (nSPS) is 11.3. The summed E-state index contributed by atoms with van der Waals surface area (Å²) in [5.41, 5.74) is 2.19. The molecule has 34 heavy (non-hydrogen) atoms. The number of benzene rings is 3. The van der Waals surface area contributed by atoms with Crippen LogP contribution in [0.5, 0.6) is 0 Å². The number of nitrogens with zero attached hydrogens (tertiary/aromatic N) is 1. The summed E-state index contributed by atoms with van der Waals surface area (Å²) >= 11 is 12.5. The summed E-state index contributed by atoms with van der Waals surface area (Å²) < 4.78 is 27.9. The van der Waals surface area contributed by atoms with E-state index in [1.54, 1.807) is 54.6 Å². The standard InChI is InChI=1S/C24H23Cl2N3O4S/c1-16-9-11-20(12-10-16)34(32,33)29(14-21-22(25)7-4-8-23(21)26)15-24(31)28-19-6-3-5-18(13-19)27-17(2)30/h3-13H,14-15H2,1-2H3,(H,27,30)(H,28,31). The molecular weight excluding hydrogens is 497 g/mol. The Labute approximate surface area is 208 Å². The number of anilines is 2. The van der Waals surface area contributed by atoms with Gasteiger partial charge in [-0.3, -0.25) is 9.59 Å². The second-order valence-electron chi connectivity index (χ2n) is 7.60. The van der Waals surface area contributed by atoms with Gasteiger partial charge in [-0.05, 0) is 49.4 Å². The first-order chi connectivity index (χ1) is 16.1. The van der Waals surface area contributed by atoms with E-state index in [0.29, 0.717) is 27.0 Å². The van der Waals surface area contributed by atoms with Crippen molar-refractivity contribution < 1.29 is 18.0 Å². The minimum atomic E-state index is -4.06. The fourth-order valence-corrected chi connectivity index (χ4v) is 5.06. The molecule has 0 atom stereocenters. The minimum Gasteiger partial charge on any atom is -0.326 e. The van der Waals surface area contributed by atoms with Crippen LogP contribution in [0.25, 0.3) is 0 Å².